The Morgan fingerprint density at radius 3 is 1.61 bits per heavy atom. The molecule has 0 radical (unpaired) electrons. The van der Waals surface area contributed by atoms with Crippen molar-refractivity contribution >= 4 is 54.8 Å². The summed E-state index contributed by atoms with van der Waals surface area (Å²) in [6.45, 7) is 0.627. The van der Waals surface area contributed by atoms with Crippen LogP contribution in [0.15, 0.2) is 0 Å². The molecule has 0 aromatic rings. The summed E-state index contributed by atoms with van der Waals surface area (Å²) >= 11 is 0. The van der Waals surface area contributed by atoms with E-state index in [0.717, 1.165) is 6.92 Å². The highest BCUT2D eigenvalue weighted by Crippen LogP contribution is 2.52. The summed E-state index contributed by atoms with van der Waals surface area (Å²) in [6.07, 6.45) is -8.81. The lowest BCUT2D eigenvalue weighted by Crippen LogP contribution is -2.80. The van der Waals surface area contributed by atoms with Crippen LogP contribution in [0.5, 0.6) is 0 Å². The molecule has 1 aliphatic rings. The predicted octanol–water partition coefficient (Wildman–Crippen LogP) is -1.45. The summed E-state index contributed by atoms with van der Waals surface area (Å²) in [5, 5.41) is -5.18. The van der Waals surface area contributed by atoms with Gasteiger partial charge in [-0.1, -0.05) is 7.77 Å². The second kappa shape index (κ2) is 10.4. The number of ether oxygens (including phenoxy) is 5. The average Bonchev–Trinajstić information content (AvgIpc) is 2.60. The molecule has 0 aromatic heterocycles. The zero-order chi connectivity index (χ0) is 28.5. The first-order valence-corrected chi connectivity index (χ1v) is 13.0. The van der Waals surface area contributed by atoms with Gasteiger partial charge in [-0.3, -0.25) is 19.2 Å². The monoisotopic (exact) mass is 594 g/mol. The largest absolute Gasteiger partial charge is 0.463 e. The number of esters is 4. The lowest BCUT2D eigenvalue weighted by molar-refractivity contribution is -0.325. The van der Waals surface area contributed by atoms with Gasteiger partial charge in [0.05, 0.1) is 0 Å². The number of hydrogen-bond donors (Lipinski definition) is 0. The molecule has 1 fully saturated rings. The van der Waals surface area contributed by atoms with Crippen molar-refractivity contribution in [3.8, 4) is 0 Å². The number of carbonyl (C=O) groups is 4. The first-order chi connectivity index (χ1) is 16.0. The molecule has 22 heteroatoms. The molecule has 5 atom stereocenters. The Morgan fingerprint density at radius 1 is 0.778 bits per heavy atom. The quantitative estimate of drug-likeness (QED) is 0.169. The third kappa shape index (κ3) is 6.41. The highest BCUT2D eigenvalue weighted by atomic mass is 32.3. The SMILES string of the molecule is CC(=O)OC[C@H]1O[C@](OC(C)=O)(S(=O)(=O)F)[C@](OS(=O)(=O)F)(S(=O)(=O)F)[C@@H](OC(C)=O)[C@@H]1OC(C)=O. The number of hydrogen-bond acceptors (Lipinski definition) is 16. The summed E-state index contributed by atoms with van der Waals surface area (Å²) in [6, 6.07) is 0. The first-order valence-electron chi connectivity index (χ1n) is 8.89. The zero-order valence-corrected chi connectivity index (χ0v) is 20.8. The molecule has 1 heterocycles. The Balaban J connectivity index is 4.41. The van der Waals surface area contributed by atoms with Gasteiger partial charge in [0.15, 0.2) is 12.2 Å². The van der Waals surface area contributed by atoms with Crippen molar-refractivity contribution in [2.24, 2.45) is 0 Å². The second-order valence-corrected chi connectivity index (χ2v) is 10.6. The van der Waals surface area contributed by atoms with Crippen molar-refractivity contribution in [3.63, 3.8) is 0 Å². The molecule has 0 amide bonds. The van der Waals surface area contributed by atoms with Crippen molar-refractivity contribution in [3.05, 3.63) is 0 Å². The Kier molecular flexibility index (Phi) is 9.12. The molecule has 1 saturated heterocycles. The normalized spacial score (nSPS) is 29.0. The molecule has 1 rings (SSSR count). The van der Waals surface area contributed by atoms with E-state index in [4.69, 9.17) is 0 Å². The minimum atomic E-state index is -7.31. The molecule has 0 bridgehead atoms. The van der Waals surface area contributed by atoms with Gasteiger partial charge < -0.3 is 23.7 Å². The third-order valence-corrected chi connectivity index (χ3v) is 7.13. The summed E-state index contributed by atoms with van der Waals surface area (Å²) in [5.74, 6) is -6.46. The minimum absolute atomic E-state index is 0.246. The van der Waals surface area contributed by atoms with E-state index in [-0.39, 0.29) is 6.92 Å². The van der Waals surface area contributed by atoms with Crippen LogP contribution in [0.1, 0.15) is 27.7 Å². The molecule has 0 aromatic carbocycles. The maximum absolute atomic E-state index is 14.9. The van der Waals surface area contributed by atoms with Crippen molar-refractivity contribution in [1.82, 2.24) is 0 Å². The van der Waals surface area contributed by atoms with E-state index in [9.17, 15) is 56.1 Å². The molecule has 36 heavy (non-hydrogen) atoms. The highest BCUT2D eigenvalue weighted by Gasteiger charge is 2.86. The fourth-order valence-corrected chi connectivity index (χ4v) is 6.57. The Morgan fingerprint density at radius 2 is 1.28 bits per heavy atom. The van der Waals surface area contributed by atoms with Crippen molar-refractivity contribution in [2.45, 2.75) is 56.1 Å². The topological polar surface area (TPSA) is 226 Å². The van der Waals surface area contributed by atoms with Crippen LogP contribution in [0.4, 0.5) is 11.7 Å². The number of rotatable bonds is 9. The lowest BCUT2D eigenvalue weighted by Gasteiger charge is -2.51. The average molecular weight is 594 g/mol. The van der Waals surface area contributed by atoms with Crippen LogP contribution in [0.25, 0.3) is 0 Å². The second-order valence-electron chi connectivity index (χ2n) is 6.73. The number of carbonyl (C=O) groups excluding carboxylic acids is 4. The smallest absolute Gasteiger partial charge is 0.439 e. The van der Waals surface area contributed by atoms with Crippen LogP contribution >= 0.6 is 0 Å². The highest BCUT2D eigenvalue weighted by molar-refractivity contribution is 7.92. The standard InChI is InChI=1S/C14H17F3O16S3/c1-6(18)28-5-10-11(29-7(2)19)12(30-8(3)20)13(34(15,22)23,33-36(17,26)27)14(32-10,31-9(4)21)35(16,24)25/h10-12H,5H2,1-4H3/t10-,11-,12+,13-,14+/m1/s1. The van der Waals surface area contributed by atoms with Gasteiger partial charge in [-0.05, 0) is 0 Å². The van der Waals surface area contributed by atoms with E-state index in [1.807, 2.05) is 0 Å². The Hall–Kier alpha value is -2.56. The summed E-state index contributed by atoms with van der Waals surface area (Å²) in [4.78, 5) is 40.9. The van der Waals surface area contributed by atoms with Crippen LogP contribution in [-0.2, 0) is 78.0 Å². The lowest BCUT2D eigenvalue weighted by atomic mass is 9.97. The van der Waals surface area contributed by atoms with Crippen LogP contribution < -0.4 is 0 Å². The van der Waals surface area contributed by atoms with E-state index in [1.165, 1.54) is 0 Å². The van der Waals surface area contributed by atoms with E-state index in [2.05, 4.69) is 27.9 Å². The van der Waals surface area contributed by atoms with E-state index in [1.54, 1.807) is 0 Å². The molecule has 0 unspecified atom stereocenters. The number of halogens is 3. The molecular weight excluding hydrogens is 577 g/mol. The van der Waals surface area contributed by atoms with E-state index < -0.39 is 89.8 Å². The van der Waals surface area contributed by atoms with Gasteiger partial charge in [0.2, 0.25) is 0 Å². The van der Waals surface area contributed by atoms with Crippen molar-refractivity contribution < 1.29 is 84.0 Å². The van der Waals surface area contributed by atoms with E-state index in [0.29, 0.717) is 13.8 Å². The van der Waals surface area contributed by atoms with Crippen LogP contribution in [0.3, 0.4) is 0 Å². The van der Waals surface area contributed by atoms with Crippen molar-refractivity contribution in [2.75, 3.05) is 6.61 Å². The summed E-state index contributed by atoms with van der Waals surface area (Å²) in [7, 11) is -21.4. The first kappa shape index (κ1) is 31.5. The van der Waals surface area contributed by atoms with Crippen LogP contribution in [0.2, 0.25) is 0 Å². The van der Waals surface area contributed by atoms with Gasteiger partial charge in [-0.25, -0.2) is 4.18 Å². The molecule has 0 spiro atoms. The molecule has 0 aliphatic carbocycles. The third-order valence-electron chi connectivity index (χ3n) is 4.00. The fraction of sp³-hybridized carbons (Fsp3) is 0.714. The molecule has 16 nitrogen and oxygen atoms in total. The minimum Gasteiger partial charge on any atom is -0.463 e. The van der Waals surface area contributed by atoms with Gasteiger partial charge in [-0.2, -0.15) is 25.3 Å². The zero-order valence-electron chi connectivity index (χ0n) is 18.3. The molecular formula is C14H17F3O16S3. The van der Waals surface area contributed by atoms with Gasteiger partial charge >= 0.3 is 64.9 Å². The van der Waals surface area contributed by atoms with Gasteiger partial charge in [-0.15, -0.1) is 3.89 Å². The fourth-order valence-electron chi connectivity index (χ4n) is 3.05. The molecule has 0 N–H and O–H groups in total. The Bertz CT molecular complexity index is 1250. The van der Waals surface area contributed by atoms with Crippen LogP contribution in [0, 0.1) is 0 Å². The molecule has 1 aliphatic heterocycles. The van der Waals surface area contributed by atoms with Gasteiger partial charge in [0.25, 0.3) is 0 Å². The molecule has 0 saturated carbocycles. The Labute approximate surface area is 201 Å². The maximum Gasteiger partial charge on any atom is 0.439 e. The molecule has 208 valence electrons. The van der Waals surface area contributed by atoms with Crippen LogP contribution in [-0.4, -0.2) is 84.1 Å². The maximum atomic E-state index is 14.9. The van der Waals surface area contributed by atoms with E-state index >= 15 is 0 Å². The predicted molar refractivity (Wildman–Crippen MR) is 101 cm³/mol. The summed E-state index contributed by atoms with van der Waals surface area (Å²) in [5.41, 5.74) is 0. The van der Waals surface area contributed by atoms with Gasteiger partial charge in [0, 0.05) is 27.7 Å². The van der Waals surface area contributed by atoms with Gasteiger partial charge in [0.1, 0.15) is 12.7 Å². The summed E-state index contributed by atoms with van der Waals surface area (Å²) < 4.78 is 141. The van der Waals surface area contributed by atoms with Crippen molar-refractivity contribution in [1.29, 1.82) is 0 Å².